The van der Waals surface area contributed by atoms with Crippen molar-refractivity contribution in [2.24, 2.45) is 0 Å². The highest BCUT2D eigenvalue weighted by atomic mass is 16.6. The minimum absolute atomic E-state index is 0.0698. The van der Waals surface area contributed by atoms with Crippen molar-refractivity contribution in [3.8, 4) is 11.1 Å². The molecular formula is C30H40N3O7+. The second-order valence-corrected chi connectivity index (χ2v) is 11.3. The van der Waals surface area contributed by atoms with Crippen LogP contribution in [0.1, 0.15) is 29.9 Å². The van der Waals surface area contributed by atoms with E-state index in [1.807, 2.05) is 36.4 Å². The molecule has 1 aliphatic heterocycles. The van der Waals surface area contributed by atoms with E-state index in [1.165, 1.54) is 4.90 Å². The lowest BCUT2D eigenvalue weighted by Crippen LogP contribution is -2.42. The molecule has 0 spiro atoms. The van der Waals surface area contributed by atoms with Crippen LogP contribution in [0.25, 0.3) is 11.1 Å². The number of hydrogen-bond donors (Lipinski definition) is 2. The van der Waals surface area contributed by atoms with Gasteiger partial charge in [-0.15, -0.1) is 0 Å². The summed E-state index contributed by atoms with van der Waals surface area (Å²) in [7, 11) is 6.29. The molecule has 40 heavy (non-hydrogen) atoms. The van der Waals surface area contributed by atoms with Gasteiger partial charge in [0.15, 0.2) is 0 Å². The molecule has 2 atom stereocenters. The second kappa shape index (κ2) is 13.3. The molecule has 2 aliphatic rings. The van der Waals surface area contributed by atoms with Crippen LogP contribution in [0.15, 0.2) is 48.5 Å². The zero-order valence-electron chi connectivity index (χ0n) is 23.5. The number of carboxylic acid groups (broad SMARTS) is 1. The van der Waals surface area contributed by atoms with Crippen LogP contribution >= 0.6 is 0 Å². The van der Waals surface area contributed by atoms with E-state index in [9.17, 15) is 19.5 Å². The SMILES string of the molecule is C[N+](C)(C)CCOCCOCCC(=O)N[C@H]1C[C@H](C(=O)O)N(C(=O)OCC2c3ccccc3-c3ccccc32)C1. The van der Waals surface area contributed by atoms with Gasteiger partial charge in [0, 0.05) is 31.3 Å². The minimum Gasteiger partial charge on any atom is -0.480 e. The maximum atomic E-state index is 13.0. The fourth-order valence-corrected chi connectivity index (χ4v) is 5.18. The van der Waals surface area contributed by atoms with Gasteiger partial charge in [0.1, 0.15) is 19.2 Å². The van der Waals surface area contributed by atoms with Gasteiger partial charge < -0.3 is 29.1 Å². The molecule has 10 nitrogen and oxygen atoms in total. The Bertz CT molecular complexity index is 1150. The third kappa shape index (κ3) is 7.59. The molecular weight excluding hydrogens is 514 g/mol. The van der Waals surface area contributed by atoms with Crippen LogP contribution in [0.4, 0.5) is 4.79 Å². The van der Waals surface area contributed by atoms with Crippen LogP contribution < -0.4 is 5.32 Å². The number of fused-ring (bicyclic) bond motifs is 3. The molecule has 2 aromatic carbocycles. The van der Waals surface area contributed by atoms with Crippen molar-refractivity contribution in [1.82, 2.24) is 10.2 Å². The number of nitrogens with one attached hydrogen (secondary N) is 1. The van der Waals surface area contributed by atoms with Crippen molar-refractivity contribution in [3.63, 3.8) is 0 Å². The Labute approximate surface area is 235 Å². The number of ether oxygens (including phenoxy) is 3. The molecule has 10 heteroatoms. The number of amides is 2. The van der Waals surface area contributed by atoms with Crippen molar-refractivity contribution in [3.05, 3.63) is 59.7 Å². The number of rotatable bonds is 13. The van der Waals surface area contributed by atoms with Crippen molar-refractivity contribution in [2.45, 2.75) is 30.8 Å². The Hall–Kier alpha value is -3.47. The Morgan fingerprint density at radius 2 is 1.52 bits per heavy atom. The maximum absolute atomic E-state index is 13.0. The summed E-state index contributed by atoms with van der Waals surface area (Å²) in [5, 5.41) is 12.6. The fourth-order valence-electron chi connectivity index (χ4n) is 5.18. The predicted octanol–water partition coefficient (Wildman–Crippen LogP) is 2.71. The van der Waals surface area contributed by atoms with Crippen LogP contribution in [0, 0.1) is 0 Å². The number of likely N-dealkylation sites (N-methyl/N-ethyl adjacent to an activating group) is 1. The van der Waals surface area contributed by atoms with E-state index >= 15 is 0 Å². The minimum atomic E-state index is -1.13. The third-order valence-electron chi connectivity index (χ3n) is 7.27. The molecule has 1 heterocycles. The molecule has 216 valence electrons. The monoisotopic (exact) mass is 554 g/mol. The van der Waals surface area contributed by atoms with Crippen molar-refractivity contribution >= 4 is 18.0 Å². The average molecular weight is 555 g/mol. The largest absolute Gasteiger partial charge is 0.480 e. The van der Waals surface area contributed by atoms with Crippen molar-refractivity contribution < 1.29 is 38.2 Å². The summed E-state index contributed by atoms with van der Waals surface area (Å²) >= 11 is 0. The Balaban J connectivity index is 1.22. The molecule has 4 rings (SSSR count). The molecule has 2 N–H and O–H groups in total. The number of carboxylic acids is 1. The van der Waals surface area contributed by atoms with Crippen LogP contribution in [-0.2, 0) is 23.8 Å². The molecule has 0 radical (unpaired) electrons. The Kier molecular flexibility index (Phi) is 9.78. The number of likely N-dealkylation sites (tertiary alicyclic amines) is 1. The molecule has 0 bridgehead atoms. The molecule has 0 unspecified atom stereocenters. The van der Waals surface area contributed by atoms with Crippen molar-refractivity contribution in [2.75, 3.05) is 67.3 Å². The molecule has 1 saturated heterocycles. The summed E-state index contributed by atoms with van der Waals surface area (Å²) in [5.41, 5.74) is 4.39. The zero-order valence-corrected chi connectivity index (χ0v) is 23.5. The lowest BCUT2D eigenvalue weighted by atomic mass is 9.98. The molecule has 0 aromatic heterocycles. The standard InChI is InChI=1S/C30H39N3O7/c1-33(2,3)13-15-39-17-16-38-14-12-28(34)31-21-18-27(29(35)36)32(19-21)30(37)40-20-26-24-10-6-4-8-22(24)23-9-5-7-11-25(23)26/h4-11,21,26-27H,12-20H2,1-3H3,(H-,31,34,35,36)/p+1/t21-,27+/m0/s1. The first-order valence-corrected chi connectivity index (χ1v) is 13.7. The summed E-state index contributed by atoms with van der Waals surface area (Å²) in [6.07, 6.45) is -0.441. The number of carbonyl (C=O) groups is 3. The van der Waals surface area contributed by atoms with Crippen LogP contribution in [0.3, 0.4) is 0 Å². The Morgan fingerprint density at radius 1 is 0.925 bits per heavy atom. The van der Waals surface area contributed by atoms with Gasteiger partial charge in [-0.05, 0) is 22.3 Å². The summed E-state index contributed by atoms with van der Waals surface area (Å²) in [6, 6.07) is 14.5. The van der Waals surface area contributed by atoms with Gasteiger partial charge in [0.25, 0.3) is 0 Å². The summed E-state index contributed by atoms with van der Waals surface area (Å²) in [4.78, 5) is 38.6. The topological polar surface area (TPSA) is 114 Å². The lowest BCUT2D eigenvalue weighted by Gasteiger charge is -2.23. The highest BCUT2D eigenvalue weighted by Crippen LogP contribution is 2.44. The third-order valence-corrected chi connectivity index (χ3v) is 7.27. The molecule has 2 aromatic rings. The summed E-state index contributed by atoms with van der Waals surface area (Å²) < 4.78 is 17.5. The van der Waals surface area contributed by atoms with E-state index in [4.69, 9.17) is 14.2 Å². The van der Waals surface area contributed by atoms with Gasteiger partial charge in [-0.25, -0.2) is 9.59 Å². The first-order chi connectivity index (χ1) is 19.1. The first kappa shape index (κ1) is 29.5. The number of aliphatic carboxylic acids is 1. The Morgan fingerprint density at radius 3 is 2.12 bits per heavy atom. The molecule has 1 aliphatic carbocycles. The van der Waals surface area contributed by atoms with E-state index < -0.39 is 24.1 Å². The van der Waals surface area contributed by atoms with E-state index in [0.717, 1.165) is 33.3 Å². The number of carbonyl (C=O) groups excluding carboxylic acids is 2. The van der Waals surface area contributed by atoms with Gasteiger partial charge >= 0.3 is 12.1 Å². The molecule has 2 amide bonds. The first-order valence-electron chi connectivity index (χ1n) is 13.7. The number of benzene rings is 2. The van der Waals surface area contributed by atoms with Gasteiger partial charge in [-0.2, -0.15) is 0 Å². The van der Waals surface area contributed by atoms with Crippen LogP contribution in [0.5, 0.6) is 0 Å². The average Bonchev–Trinajstić information content (AvgIpc) is 3.48. The fraction of sp³-hybridized carbons (Fsp3) is 0.500. The highest BCUT2D eigenvalue weighted by molar-refractivity contribution is 5.82. The predicted molar refractivity (Wildman–Crippen MR) is 149 cm³/mol. The molecule has 0 saturated carbocycles. The van der Waals surface area contributed by atoms with E-state index in [2.05, 4.69) is 38.6 Å². The summed E-state index contributed by atoms with van der Waals surface area (Å²) in [6.45, 7) is 2.79. The van der Waals surface area contributed by atoms with Gasteiger partial charge in [0.05, 0.1) is 47.6 Å². The zero-order chi connectivity index (χ0) is 28.7. The van der Waals surface area contributed by atoms with E-state index in [1.54, 1.807) is 0 Å². The smallest absolute Gasteiger partial charge is 0.410 e. The number of hydrogen-bond acceptors (Lipinski definition) is 6. The van der Waals surface area contributed by atoms with Crippen LogP contribution in [-0.4, -0.2) is 112 Å². The second-order valence-electron chi connectivity index (χ2n) is 11.3. The van der Waals surface area contributed by atoms with Gasteiger partial charge in [-0.1, -0.05) is 48.5 Å². The molecule has 1 fully saturated rings. The lowest BCUT2D eigenvalue weighted by molar-refractivity contribution is -0.870. The quantitative estimate of drug-likeness (QED) is 0.289. The summed E-state index contributed by atoms with van der Waals surface area (Å²) in [5.74, 6) is -1.51. The number of quaternary nitrogens is 1. The van der Waals surface area contributed by atoms with Crippen molar-refractivity contribution in [1.29, 1.82) is 0 Å². The van der Waals surface area contributed by atoms with Gasteiger partial charge in [0.2, 0.25) is 5.91 Å². The van der Waals surface area contributed by atoms with Gasteiger partial charge in [-0.3, -0.25) is 9.69 Å². The van der Waals surface area contributed by atoms with Crippen LogP contribution in [0.2, 0.25) is 0 Å². The normalized spacial score (nSPS) is 18.3. The van der Waals surface area contributed by atoms with E-state index in [0.29, 0.717) is 19.8 Å². The highest BCUT2D eigenvalue weighted by Gasteiger charge is 2.41. The van der Waals surface area contributed by atoms with E-state index in [-0.39, 0.29) is 44.4 Å². The number of nitrogens with zero attached hydrogens (tertiary/aromatic N) is 2. The maximum Gasteiger partial charge on any atom is 0.410 e.